The smallest absolute Gasteiger partial charge is 0.255 e. The summed E-state index contributed by atoms with van der Waals surface area (Å²) in [5.74, 6) is 0.342. The molecule has 0 aliphatic carbocycles. The van der Waals surface area contributed by atoms with Crippen LogP contribution in [0.5, 0.6) is 11.5 Å². The predicted octanol–water partition coefficient (Wildman–Crippen LogP) is 2.84. The van der Waals surface area contributed by atoms with Crippen molar-refractivity contribution >= 4 is 17.5 Å². The number of rotatable bonds is 7. The van der Waals surface area contributed by atoms with Gasteiger partial charge in [-0.15, -0.1) is 0 Å². The third-order valence-electron chi connectivity index (χ3n) is 3.24. The van der Waals surface area contributed by atoms with Gasteiger partial charge in [0, 0.05) is 17.2 Å². The van der Waals surface area contributed by atoms with Gasteiger partial charge in [-0.25, -0.2) is 0 Å². The van der Waals surface area contributed by atoms with E-state index in [0.717, 1.165) is 0 Å². The molecule has 0 atom stereocenters. The number of nitrogens with two attached hydrogens (primary N) is 1. The minimum atomic E-state index is -0.537. The van der Waals surface area contributed by atoms with Crippen molar-refractivity contribution in [3.05, 3.63) is 53.6 Å². The number of carbonyl (C=O) groups excluding carboxylic acids is 2. The molecular formula is C18H20N2O4. The Morgan fingerprint density at radius 3 is 2.17 bits per heavy atom. The van der Waals surface area contributed by atoms with E-state index in [2.05, 4.69) is 5.32 Å². The van der Waals surface area contributed by atoms with Crippen molar-refractivity contribution in [1.29, 1.82) is 0 Å². The van der Waals surface area contributed by atoms with Crippen molar-refractivity contribution in [1.82, 2.24) is 0 Å². The van der Waals surface area contributed by atoms with Crippen molar-refractivity contribution in [2.45, 2.75) is 13.8 Å². The third kappa shape index (κ3) is 4.25. The largest absolute Gasteiger partial charge is 0.494 e. The lowest BCUT2D eigenvalue weighted by Crippen LogP contribution is -2.14. The van der Waals surface area contributed by atoms with E-state index >= 15 is 0 Å². The van der Waals surface area contributed by atoms with Crippen molar-refractivity contribution in [3.8, 4) is 11.5 Å². The van der Waals surface area contributed by atoms with Gasteiger partial charge in [-0.05, 0) is 50.2 Å². The van der Waals surface area contributed by atoms with Gasteiger partial charge in [0.1, 0.15) is 11.5 Å². The molecule has 2 aromatic carbocycles. The molecule has 0 heterocycles. The zero-order valence-electron chi connectivity index (χ0n) is 13.7. The van der Waals surface area contributed by atoms with Gasteiger partial charge in [0.05, 0.1) is 18.9 Å². The van der Waals surface area contributed by atoms with E-state index in [4.69, 9.17) is 15.2 Å². The molecule has 126 valence electrons. The molecule has 0 fully saturated rings. The maximum absolute atomic E-state index is 12.4. The lowest BCUT2D eigenvalue weighted by Gasteiger charge is -2.13. The molecule has 0 spiro atoms. The van der Waals surface area contributed by atoms with E-state index in [1.165, 1.54) is 12.1 Å². The lowest BCUT2D eigenvalue weighted by atomic mass is 10.1. The monoisotopic (exact) mass is 328 g/mol. The van der Waals surface area contributed by atoms with Crippen LogP contribution >= 0.6 is 0 Å². The van der Waals surface area contributed by atoms with Crippen LogP contribution in [0, 0.1) is 0 Å². The Hall–Kier alpha value is -3.02. The van der Waals surface area contributed by atoms with Crippen LogP contribution in [0.1, 0.15) is 34.6 Å². The Kier molecular flexibility index (Phi) is 5.78. The summed E-state index contributed by atoms with van der Waals surface area (Å²) in [4.78, 5) is 23.5. The van der Waals surface area contributed by atoms with E-state index in [-0.39, 0.29) is 5.91 Å². The fraction of sp³-hybridized carbons (Fsp3) is 0.222. The highest BCUT2D eigenvalue weighted by atomic mass is 16.5. The van der Waals surface area contributed by atoms with Gasteiger partial charge in [0.25, 0.3) is 5.91 Å². The number of carbonyl (C=O) groups is 2. The second-order valence-corrected chi connectivity index (χ2v) is 4.92. The normalized spacial score (nSPS) is 10.1. The van der Waals surface area contributed by atoms with E-state index in [1.54, 1.807) is 30.3 Å². The molecule has 2 aromatic rings. The summed E-state index contributed by atoms with van der Waals surface area (Å²) >= 11 is 0. The maximum atomic E-state index is 12.4. The summed E-state index contributed by atoms with van der Waals surface area (Å²) < 4.78 is 11.0. The maximum Gasteiger partial charge on any atom is 0.255 e. The summed E-state index contributed by atoms with van der Waals surface area (Å²) in [6.45, 7) is 4.75. The van der Waals surface area contributed by atoms with Gasteiger partial charge in [-0.3, -0.25) is 9.59 Å². The summed E-state index contributed by atoms with van der Waals surface area (Å²) in [5.41, 5.74) is 6.47. The van der Waals surface area contributed by atoms with Crippen molar-refractivity contribution in [2.24, 2.45) is 5.73 Å². The summed E-state index contributed by atoms with van der Waals surface area (Å²) in [7, 11) is 0. The molecule has 6 nitrogen and oxygen atoms in total. The highest BCUT2D eigenvalue weighted by Crippen LogP contribution is 2.30. The van der Waals surface area contributed by atoms with E-state index in [0.29, 0.717) is 41.5 Å². The van der Waals surface area contributed by atoms with Gasteiger partial charge >= 0.3 is 0 Å². The first-order valence-electron chi connectivity index (χ1n) is 7.66. The summed E-state index contributed by atoms with van der Waals surface area (Å²) in [6, 6.07) is 11.4. The van der Waals surface area contributed by atoms with E-state index in [1.807, 2.05) is 13.8 Å². The Balaban J connectivity index is 2.22. The van der Waals surface area contributed by atoms with Gasteiger partial charge in [-0.1, -0.05) is 0 Å². The van der Waals surface area contributed by atoms with Crippen LogP contribution in [0.15, 0.2) is 42.5 Å². The molecule has 24 heavy (non-hydrogen) atoms. The van der Waals surface area contributed by atoms with Gasteiger partial charge in [0.2, 0.25) is 5.91 Å². The molecule has 0 saturated carbocycles. The number of primary amides is 1. The highest BCUT2D eigenvalue weighted by Gasteiger charge is 2.12. The average Bonchev–Trinajstić information content (AvgIpc) is 2.57. The van der Waals surface area contributed by atoms with Gasteiger partial charge in [-0.2, -0.15) is 0 Å². The number of hydrogen-bond donors (Lipinski definition) is 2. The second-order valence-electron chi connectivity index (χ2n) is 4.92. The quantitative estimate of drug-likeness (QED) is 0.817. The number of hydrogen-bond acceptors (Lipinski definition) is 4. The van der Waals surface area contributed by atoms with Crippen LogP contribution in [0.3, 0.4) is 0 Å². The average molecular weight is 328 g/mol. The standard InChI is InChI=1S/C18H20N2O4/c1-3-23-14-9-10-16(24-4-2)15(11-14)20-18(22)13-7-5-12(6-8-13)17(19)21/h5-11H,3-4H2,1-2H3,(H2,19,21)(H,20,22). The van der Waals surface area contributed by atoms with Crippen LogP contribution in [0.4, 0.5) is 5.69 Å². The molecular weight excluding hydrogens is 308 g/mol. The van der Waals surface area contributed by atoms with Crippen molar-refractivity contribution < 1.29 is 19.1 Å². The first-order valence-corrected chi connectivity index (χ1v) is 7.66. The van der Waals surface area contributed by atoms with E-state index in [9.17, 15) is 9.59 Å². The SMILES string of the molecule is CCOc1ccc(OCC)c(NC(=O)c2ccc(C(N)=O)cc2)c1. The molecule has 0 bridgehead atoms. The van der Waals surface area contributed by atoms with Crippen LogP contribution in [-0.2, 0) is 0 Å². The minimum absolute atomic E-state index is 0.319. The molecule has 0 saturated heterocycles. The fourth-order valence-electron chi connectivity index (χ4n) is 2.12. The fourth-order valence-corrected chi connectivity index (χ4v) is 2.12. The number of benzene rings is 2. The number of ether oxygens (including phenoxy) is 2. The van der Waals surface area contributed by atoms with Gasteiger partial charge in [0.15, 0.2) is 0 Å². The summed E-state index contributed by atoms with van der Waals surface area (Å²) in [6.07, 6.45) is 0. The molecule has 0 radical (unpaired) electrons. The molecule has 6 heteroatoms. The van der Waals surface area contributed by atoms with Crippen LogP contribution < -0.4 is 20.5 Å². The predicted molar refractivity (Wildman–Crippen MR) is 91.7 cm³/mol. The lowest BCUT2D eigenvalue weighted by molar-refractivity contribution is 0.0995. The molecule has 0 aliphatic heterocycles. The topological polar surface area (TPSA) is 90.7 Å². The third-order valence-corrected chi connectivity index (χ3v) is 3.24. The Morgan fingerprint density at radius 1 is 0.958 bits per heavy atom. The van der Waals surface area contributed by atoms with Gasteiger partial charge < -0.3 is 20.5 Å². The van der Waals surface area contributed by atoms with E-state index < -0.39 is 5.91 Å². The second kappa shape index (κ2) is 8.01. The Labute approximate surface area is 140 Å². The Morgan fingerprint density at radius 2 is 1.58 bits per heavy atom. The molecule has 3 N–H and O–H groups in total. The zero-order valence-corrected chi connectivity index (χ0v) is 13.7. The first-order chi connectivity index (χ1) is 11.5. The molecule has 2 amide bonds. The number of anilines is 1. The first kappa shape index (κ1) is 17.3. The zero-order chi connectivity index (χ0) is 17.5. The van der Waals surface area contributed by atoms with Crippen LogP contribution in [0.25, 0.3) is 0 Å². The Bertz CT molecular complexity index is 726. The van der Waals surface area contributed by atoms with Crippen molar-refractivity contribution in [3.63, 3.8) is 0 Å². The molecule has 0 unspecified atom stereocenters. The van der Waals surface area contributed by atoms with Crippen molar-refractivity contribution in [2.75, 3.05) is 18.5 Å². The highest BCUT2D eigenvalue weighted by molar-refractivity contribution is 6.05. The number of amides is 2. The van der Waals surface area contributed by atoms with Crippen LogP contribution in [-0.4, -0.2) is 25.0 Å². The molecule has 0 aromatic heterocycles. The summed E-state index contributed by atoms with van der Waals surface area (Å²) in [5, 5.41) is 2.80. The van der Waals surface area contributed by atoms with Crippen LogP contribution in [0.2, 0.25) is 0 Å². The molecule has 2 rings (SSSR count). The minimum Gasteiger partial charge on any atom is -0.494 e. The number of nitrogens with one attached hydrogen (secondary N) is 1. The molecule has 0 aliphatic rings.